The lowest BCUT2D eigenvalue weighted by molar-refractivity contribution is -0.139. The third kappa shape index (κ3) is 3.33. The van der Waals surface area contributed by atoms with E-state index < -0.39 is 42.7 Å². The molecule has 1 fully saturated rings. The molecule has 3 heterocycles. The van der Waals surface area contributed by atoms with Gasteiger partial charge in [-0.25, -0.2) is 9.97 Å². The molecule has 0 aromatic carbocycles. The third-order valence-corrected chi connectivity index (χ3v) is 4.77. The van der Waals surface area contributed by atoms with E-state index in [0.29, 0.717) is 0 Å². The number of nitrogens with zero attached hydrogens (tertiary/aromatic N) is 3. The predicted molar refractivity (Wildman–Crippen MR) is 88.5 cm³/mol. The average molecular weight is 386 g/mol. The first-order chi connectivity index (χ1) is 12.5. The van der Waals surface area contributed by atoms with Gasteiger partial charge in [-0.3, -0.25) is 14.2 Å². The molecule has 2 aromatic rings. The summed E-state index contributed by atoms with van der Waals surface area (Å²) in [6, 6.07) is 0. The number of aliphatic hydroxyl groups is 3. The lowest BCUT2D eigenvalue weighted by Gasteiger charge is -2.18. The number of esters is 1. The van der Waals surface area contributed by atoms with Crippen LogP contribution in [0.5, 0.6) is 0 Å². The monoisotopic (exact) mass is 386 g/mol. The van der Waals surface area contributed by atoms with Crippen molar-refractivity contribution in [2.75, 3.05) is 19.0 Å². The quantitative estimate of drug-likeness (QED) is 0.336. The molecule has 1 aliphatic rings. The summed E-state index contributed by atoms with van der Waals surface area (Å²) in [6.45, 7) is 1.41. The second-order valence-corrected chi connectivity index (χ2v) is 6.43. The SMILES string of the molecule is CCOC(=O)CSc1nc2c(=O)[nH]cnc2n1C1OC(CO)C(O)C1O. The van der Waals surface area contributed by atoms with Gasteiger partial charge < -0.3 is 29.8 Å². The van der Waals surface area contributed by atoms with Crippen molar-refractivity contribution in [2.24, 2.45) is 0 Å². The van der Waals surface area contributed by atoms with Crippen LogP contribution in [0.4, 0.5) is 0 Å². The zero-order valence-electron chi connectivity index (χ0n) is 13.7. The highest BCUT2D eigenvalue weighted by molar-refractivity contribution is 7.99. The molecule has 26 heavy (non-hydrogen) atoms. The Morgan fingerprint density at radius 3 is 2.88 bits per heavy atom. The fraction of sp³-hybridized carbons (Fsp3) is 0.571. The van der Waals surface area contributed by atoms with Crippen LogP contribution in [0.25, 0.3) is 11.2 Å². The van der Waals surface area contributed by atoms with Crippen LogP contribution in [0, 0.1) is 0 Å². The van der Waals surface area contributed by atoms with Crippen LogP contribution in [0.1, 0.15) is 13.2 Å². The van der Waals surface area contributed by atoms with Gasteiger partial charge in [-0.05, 0) is 6.92 Å². The molecule has 1 saturated heterocycles. The molecule has 0 spiro atoms. The standard InChI is InChI=1S/C14H18N4O7S/c1-2-24-7(20)4-26-14-17-8-11(15-5-16-12(8)23)18(14)13-10(22)9(21)6(3-19)25-13/h5-6,9-10,13,19,21-22H,2-4H2,1H3,(H,15,16,23). The molecule has 0 saturated carbocycles. The van der Waals surface area contributed by atoms with Gasteiger partial charge in [0.15, 0.2) is 22.5 Å². The first-order valence-electron chi connectivity index (χ1n) is 7.84. The molecule has 0 radical (unpaired) electrons. The number of hydrogen-bond donors (Lipinski definition) is 4. The Bertz CT molecular complexity index is 853. The lowest BCUT2D eigenvalue weighted by Crippen LogP contribution is -2.33. The molecule has 0 aliphatic carbocycles. The minimum absolute atomic E-state index is 0.00315. The Hall–Kier alpha value is -1.99. The summed E-state index contributed by atoms with van der Waals surface area (Å²) in [5.74, 6) is -0.553. The summed E-state index contributed by atoms with van der Waals surface area (Å²) in [4.78, 5) is 34.3. The smallest absolute Gasteiger partial charge is 0.316 e. The Morgan fingerprint density at radius 2 is 2.23 bits per heavy atom. The zero-order chi connectivity index (χ0) is 18.8. The number of hydrogen-bond acceptors (Lipinski definition) is 10. The number of carbonyl (C=O) groups excluding carboxylic acids is 1. The third-order valence-electron chi connectivity index (χ3n) is 3.85. The Labute approximate surface area is 151 Å². The van der Waals surface area contributed by atoms with Gasteiger partial charge in [-0.2, -0.15) is 0 Å². The van der Waals surface area contributed by atoms with Crippen molar-refractivity contribution in [1.29, 1.82) is 0 Å². The van der Waals surface area contributed by atoms with Gasteiger partial charge in [0, 0.05) is 0 Å². The highest BCUT2D eigenvalue weighted by Crippen LogP contribution is 2.34. The maximum Gasteiger partial charge on any atom is 0.316 e. The molecule has 3 rings (SSSR count). The number of carbonyl (C=O) groups is 1. The Morgan fingerprint density at radius 1 is 1.46 bits per heavy atom. The van der Waals surface area contributed by atoms with Crippen molar-refractivity contribution in [1.82, 2.24) is 19.5 Å². The van der Waals surface area contributed by atoms with Crippen molar-refractivity contribution in [3.8, 4) is 0 Å². The van der Waals surface area contributed by atoms with Crippen LogP contribution >= 0.6 is 11.8 Å². The van der Waals surface area contributed by atoms with E-state index in [-0.39, 0.29) is 28.7 Å². The van der Waals surface area contributed by atoms with E-state index >= 15 is 0 Å². The number of rotatable bonds is 6. The number of H-pyrrole nitrogens is 1. The number of aliphatic hydroxyl groups excluding tert-OH is 3. The second kappa shape index (κ2) is 7.72. The molecule has 0 amide bonds. The number of imidazole rings is 1. The molecule has 0 bridgehead atoms. The van der Waals surface area contributed by atoms with Crippen LogP contribution in [-0.4, -0.2) is 78.1 Å². The number of aromatic amines is 1. The molecular weight excluding hydrogens is 368 g/mol. The van der Waals surface area contributed by atoms with E-state index in [2.05, 4.69) is 15.0 Å². The molecular formula is C14H18N4O7S. The summed E-state index contributed by atoms with van der Waals surface area (Å²) in [5, 5.41) is 29.8. The average Bonchev–Trinajstić information content (AvgIpc) is 3.12. The summed E-state index contributed by atoms with van der Waals surface area (Å²) in [5.41, 5.74) is -0.384. The molecule has 2 aromatic heterocycles. The lowest BCUT2D eigenvalue weighted by atomic mass is 10.1. The van der Waals surface area contributed by atoms with Gasteiger partial charge in [0.1, 0.15) is 18.3 Å². The van der Waals surface area contributed by atoms with E-state index in [1.54, 1.807) is 6.92 Å². The zero-order valence-corrected chi connectivity index (χ0v) is 14.5. The first-order valence-corrected chi connectivity index (χ1v) is 8.83. The van der Waals surface area contributed by atoms with Crippen LogP contribution in [0.2, 0.25) is 0 Å². The molecule has 4 N–H and O–H groups in total. The van der Waals surface area contributed by atoms with Crippen LogP contribution in [0.15, 0.2) is 16.3 Å². The largest absolute Gasteiger partial charge is 0.465 e. The topological polar surface area (TPSA) is 160 Å². The van der Waals surface area contributed by atoms with E-state index in [4.69, 9.17) is 9.47 Å². The minimum atomic E-state index is -1.38. The van der Waals surface area contributed by atoms with E-state index in [0.717, 1.165) is 11.8 Å². The van der Waals surface area contributed by atoms with E-state index in [9.17, 15) is 24.9 Å². The molecule has 4 atom stereocenters. The van der Waals surface area contributed by atoms with Gasteiger partial charge in [0.2, 0.25) is 0 Å². The van der Waals surface area contributed by atoms with Crippen molar-refractivity contribution in [3.63, 3.8) is 0 Å². The fourth-order valence-electron chi connectivity index (χ4n) is 2.65. The predicted octanol–water partition coefficient (Wildman–Crippen LogP) is -1.61. The maximum absolute atomic E-state index is 12.0. The molecule has 142 valence electrons. The molecule has 12 heteroatoms. The number of thioether (sulfide) groups is 1. The van der Waals surface area contributed by atoms with Crippen molar-refractivity contribution in [2.45, 2.75) is 36.6 Å². The maximum atomic E-state index is 12.0. The molecule has 11 nitrogen and oxygen atoms in total. The number of fused-ring (bicyclic) bond motifs is 1. The van der Waals surface area contributed by atoms with Gasteiger partial charge in [0.05, 0.1) is 25.3 Å². The summed E-state index contributed by atoms with van der Waals surface area (Å²) < 4.78 is 11.7. The first kappa shape index (κ1) is 18.8. The summed E-state index contributed by atoms with van der Waals surface area (Å²) in [7, 11) is 0. The fourth-order valence-corrected chi connectivity index (χ4v) is 3.47. The van der Waals surface area contributed by atoms with Gasteiger partial charge in [-0.15, -0.1) is 0 Å². The summed E-state index contributed by atoms with van der Waals surface area (Å²) >= 11 is 0.978. The Kier molecular flexibility index (Phi) is 5.58. The number of nitrogens with one attached hydrogen (secondary N) is 1. The van der Waals surface area contributed by atoms with Gasteiger partial charge in [0.25, 0.3) is 5.56 Å². The van der Waals surface area contributed by atoms with E-state index in [1.807, 2.05) is 0 Å². The number of ether oxygens (including phenoxy) is 2. The van der Waals surface area contributed by atoms with Gasteiger partial charge >= 0.3 is 5.97 Å². The van der Waals surface area contributed by atoms with Crippen LogP contribution < -0.4 is 5.56 Å². The highest BCUT2D eigenvalue weighted by atomic mass is 32.2. The van der Waals surface area contributed by atoms with Crippen molar-refractivity contribution in [3.05, 3.63) is 16.7 Å². The van der Waals surface area contributed by atoms with Gasteiger partial charge in [-0.1, -0.05) is 11.8 Å². The number of aromatic nitrogens is 4. The Balaban J connectivity index is 2.02. The molecule has 4 unspecified atom stereocenters. The van der Waals surface area contributed by atoms with E-state index in [1.165, 1.54) is 10.9 Å². The minimum Gasteiger partial charge on any atom is -0.465 e. The van der Waals surface area contributed by atoms with Crippen molar-refractivity contribution < 1.29 is 29.6 Å². The van der Waals surface area contributed by atoms with Crippen molar-refractivity contribution >= 4 is 28.9 Å². The normalized spacial score (nSPS) is 25.7. The van der Waals surface area contributed by atoms with Crippen LogP contribution in [-0.2, 0) is 14.3 Å². The second-order valence-electron chi connectivity index (χ2n) is 5.49. The molecule has 1 aliphatic heterocycles. The van der Waals surface area contributed by atoms with Crippen LogP contribution in [0.3, 0.4) is 0 Å². The summed E-state index contributed by atoms with van der Waals surface area (Å²) in [6.07, 6.45) is -3.67. The highest BCUT2D eigenvalue weighted by Gasteiger charge is 2.45.